The van der Waals surface area contributed by atoms with E-state index in [0.29, 0.717) is 17.6 Å². The maximum Gasteiger partial charge on any atom is 0.133 e. The van der Waals surface area contributed by atoms with Gasteiger partial charge in [0.1, 0.15) is 5.78 Å². The zero-order valence-corrected chi connectivity index (χ0v) is 12.3. The Kier molecular flexibility index (Phi) is 5.18. The molecule has 1 aliphatic rings. The average Bonchev–Trinajstić information content (AvgIpc) is 2.86. The molecular weight excluding hydrogens is 232 g/mol. The number of rotatable bonds is 6. The molecule has 0 amide bonds. The molecule has 104 valence electrons. The molecule has 19 heavy (non-hydrogen) atoms. The smallest absolute Gasteiger partial charge is 0.133 e. The van der Waals surface area contributed by atoms with Crippen LogP contribution in [0.1, 0.15) is 81.8 Å². The molecule has 1 fully saturated rings. The Morgan fingerprint density at radius 3 is 2.53 bits per heavy atom. The summed E-state index contributed by atoms with van der Waals surface area (Å²) in [5.41, 5.74) is 2.81. The molecule has 2 rings (SSSR count). The molecule has 0 heterocycles. The van der Waals surface area contributed by atoms with E-state index in [1.54, 1.807) is 0 Å². The summed E-state index contributed by atoms with van der Waals surface area (Å²) < 4.78 is 0. The first kappa shape index (κ1) is 14.3. The van der Waals surface area contributed by atoms with Gasteiger partial charge in [0, 0.05) is 12.8 Å². The topological polar surface area (TPSA) is 17.1 Å². The average molecular weight is 258 g/mol. The van der Waals surface area contributed by atoms with Crippen molar-refractivity contribution in [2.75, 3.05) is 0 Å². The van der Waals surface area contributed by atoms with E-state index in [-0.39, 0.29) is 0 Å². The molecule has 0 saturated heterocycles. The lowest BCUT2D eigenvalue weighted by Gasteiger charge is -2.14. The van der Waals surface area contributed by atoms with Crippen molar-refractivity contribution in [2.45, 2.75) is 70.6 Å². The molecule has 1 saturated carbocycles. The standard InChI is InChI=1S/C18H26O/c1-3-4-5-6-14(2)15-7-9-16(10-8-15)17-11-12-18(19)13-17/h7-10,14,17H,3-6,11-13H2,1-2H3/t14?,17-/m0/s1. The van der Waals surface area contributed by atoms with E-state index in [9.17, 15) is 4.79 Å². The van der Waals surface area contributed by atoms with Gasteiger partial charge in [-0.1, -0.05) is 57.4 Å². The summed E-state index contributed by atoms with van der Waals surface area (Å²) in [6.45, 7) is 4.58. The van der Waals surface area contributed by atoms with Gasteiger partial charge in [0.05, 0.1) is 0 Å². The van der Waals surface area contributed by atoms with Crippen LogP contribution in [0.25, 0.3) is 0 Å². The van der Waals surface area contributed by atoms with Crippen LogP contribution in [0.3, 0.4) is 0 Å². The van der Waals surface area contributed by atoms with Crippen LogP contribution in [0, 0.1) is 0 Å². The van der Waals surface area contributed by atoms with E-state index < -0.39 is 0 Å². The fraction of sp³-hybridized carbons (Fsp3) is 0.611. The van der Waals surface area contributed by atoms with Gasteiger partial charge < -0.3 is 0 Å². The highest BCUT2D eigenvalue weighted by Crippen LogP contribution is 2.33. The van der Waals surface area contributed by atoms with Crippen LogP contribution < -0.4 is 0 Å². The summed E-state index contributed by atoms with van der Waals surface area (Å²) in [7, 11) is 0. The molecule has 0 radical (unpaired) electrons. The molecule has 2 atom stereocenters. The van der Waals surface area contributed by atoms with E-state index in [4.69, 9.17) is 0 Å². The van der Waals surface area contributed by atoms with Crippen LogP contribution in [0.2, 0.25) is 0 Å². The minimum atomic E-state index is 0.432. The van der Waals surface area contributed by atoms with Crippen LogP contribution in [0.5, 0.6) is 0 Å². The van der Waals surface area contributed by atoms with Gasteiger partial charge in [-0.25, -0.2) is 0 Å². The number of ketones is 1. The van der Waals surface area contributed by atoms with Crippen molar-refractivity contribution < 1.29 is 4.79 Å². The third-order valence-electron chi connectivity index (χ3n) is 4.46. The Bertz CT molecular complexity index is 404. The van der Waals surface area contributed by atoms with Crippen LogP contribution in [-0.2, 0) is 4.79 Å². The summed E-state index contributed by atoms with van der Waals surface area (Å²) in [5, 5.41) is 0. The van der Waals surface area contributed by atoms with E-state index in [0.717, 1.165) is 19.3 Å². The first-order chi connectivity index (χ1) is 9.20. The molecular formula is C18H26O. The molecule has 1 unspecified atom stereocenters. The van der Waals surface area contributed by atoms with Gasteiger partial charge in [-0.2, -0.15) is 0 Å². The predicted octanol–water partition coefficient (Wildman–Crippen LogP) is 5.21. The molecule has 1 aromatic carbocycles. The molecule has 0 aromatic heterocycles. The second-order valence-corrected chi connectivity index (χ2v) is 6.04. The highest BCUT2D eigenvalue weighted by molar-refractivity contribution is 5.81. The number of benzene rings is 1. The predicted molar refractivity (Wildman–Crippen MR) is 80.6 cm³/mol. The lowest BCUT2D eigenvalue weighted by atomic mass is 9.91. The molecule has 1 nitrogen and oxygen atoms in total. The van der Waals surface area contributed by atoms with Crippen molar-refractivity contribution in [1.82, 2.24) is 0 Å². The number of unbranched alkanes of at least 4 members (excludes halogenated alkanes) is 2. The minimum Gasteiger partial charge on any atom is -0.300 e. The van der Waals surface area contributed by atoms with Crippen LogP contribution in [0.4, 0.5) is 0 Å². The van der Waals surface area contributed by atoms with Gasteiger partial charge in [0.2, 0.25) is 0 Å². The van der Waals surface area contributed by atoms with Crippen molar-refractivity contribution >= 4 is 5.78 Å². The second-order valence-electron chi connectivity index (χ2n) is 6.04. The maximum absolute atomic E-state index is 11.3. The number of carbonyl (C=O) groups is 1. The molecule has 0 N–H and O–H groups in total. The number of hydrogen-bond donors (Lipinski definition) is 0. The second kappa shape index (κ2) is 6.88. The summed E-state index contributed by atoms with van der Waals surface area (Å²) in [6, 6.07) is 9.04. The lowest BCUT2D eigenvalue weighted by Crippen LogP contribution is -1.97. The zero-order valence-electron chi connectivity index (χ0n) is 12.3. The van der Waals surface area contributed by atoms with Crippen molar-refractivity contribution in [3.05, 3.63) is 35.4 Å². The highest BCUT2D eigenvalue weighted by atomic mass is 16.1. The maximum atomic E-state index is 11.3. The minimum absolute atomic E-state index is 0.432. The molecule has 0 spiro atoms. The van der Waals surface area contributed by atoms with E-state index in [1.807, 2.05) is 0 Å². The monoisotopic (exact) mass is 258 g/mol. The van der Waals surface area contributed by atoms with Gasteiger partial charge in [-0.05, 0) is 35.8 Å². The van der Waals surface area contributed by atoms with Gasteiger partial charge in [0.25, 0.3) is 0 Å². The molecule has 0 bridgehead atoms. The van der Waals surface area contributed by atoms with E-state index in [1.165, 1.54) is 36.8 Å². The Hall–Kier alpha value is -1.11. The number of carbonyl (C=O) groups excluding carboxylic acids is 1. The summed E-state index contributed by atoms with van der Waals surface area (Å²) >= 11 is 0. The molecule has 0 aliphatic heterocycles. The first-order valence-electron chi connectivity index (χ1n) is 7.82. The third-order valence-corrected chi connectivity index (χ3v) is 4.46. The highest BCUT2D eigenvalue weighted by Gasteiger charge is 2.23. The SMILES string of the molecule is CCCCCC(C)c1ccc([C@H]2CCC(=O)C2)cc1. The number of Topliss-reactive ketones (excluding diaryl/α,β-unsaturated/α-hetero) is 1. The van der Waals surface area contributed by atoms with Gasteiger partial charge in [-0.15, -0.1) is 0 Å². The normalized spacial score (nSPS) is 20.7. The van der Waals surface area contributed by atoms with Crippen molar-refractivity contribution in [3.63, 3.8) is 0 Å². The quantitative estimate of drug-likeness (QED) is 0.640. The Labute approximate surface area is 117 Å². The fourth-order valence-electron chi connectivity index (χ4n) is 3.06. The van der Waals surface area contributed by atoms with Gasteiger partial charge in [0.15, 0.2) is 0 Å². The van der Waals surface area contributed by atoms with Gasteiger partial charge >= 0.3 is 0 Å². The van der Waals surface area contributed by atoms with E-state index in [2.05, 4.69) is 38.1 Å². The van der Waals surface area contributed by atoms with Crippen molar-refractivity contribution in [1.29, 1.82) is 0 Å². The van der Waals surface area contributed by atoms with Crippen molar-refractivity contribution in [3.8, 4) is 0 Å². The Morgan fingerprint density at radius 1 is 1.21 bits per heavy atom. The van der Waals surface area contributed by atoms with Crippen molar-refractivity contribution in [2.24, 2.45) is 0 Å². The largest absolute Gasteiger partial charge is 0.300 e. The molecule has 1 heteroatoms. The number of hydrogen-bond acceptors (Lipinski definition) is 1. The van der Waals surface area contributed by atoms with Gasteiger partial charge in [-0.3, -0.25) is 4.79 Å². The van der Waals surface area contributed by atoms with Crippen LogP contribution >= 0.6 is 0 Å². The zero-order chi connectivity index (χ0) is 13.7. The summed E-state index contributed by atoms with van der Waals surface area (Å²) in [5.74, 6) is 1.57. The third kappa shape index (κ3) is 3.92. The first-order valence-corrected chi connectivity index (χ1v) is 7.82. The summed E-state index contributed by atoms with van der Waals surface area (Å²) in [4.78, 5) is 11.3. The van der Waals surface area contributed by atoms with Crippen LogP contribution in [-0.4, -0.2) is 5.78 Å². The lowest BCUT2D eigenvalue weighted by molar-refractivity contribution is -0.117. The molecule has 1 aliphatic carbocycles. The fourth-order valence-corrected chi connectivity index (χ4v) is 3.06. The molecule has 1 aromatic rings. The van der Waals surface area contributed by atoms with Crippen LogP contribution in [0.15, 0.2) is 24.3 Å². The summed E-state index contributed by atoms with van der Waals surface area (Å²) in [6.07, 6.45) is 7.83. The Balaban J connectivity index is 1.92. The van der Waals surface area contributed by atoms with E-state index >= 15 is 0 Å². The Morgan fingerprint density at radius 2 is 1.95 bits per heavy atom.